The first kappa shape index (κ1) is 14.3. The molecule has 1 aliphatic heterocycles. The maximum atomic E-state index is 12.2. The van der Waals surface area contributed by atoms with Crippen molar-refractivity contribution in [1.29, 1.82) is 0 Å². The van der Waals surface area contributed by atoms with Gasteiger partial charge in [0.05, 0.1) is 7.11 Å². The van der Waals surface area contributed by atoms with Crippen LogP contribution in [0.5, 0.6) is 5.75 Å². The summed E-state index contributed by atoms with van der Waals surface area (Å²) in [6.07, 6.45) is 1.99. The molecule has 4 nitrogen and oxygen atoms in total. The molecule has 0 spiro atoms. The number of thiophene rings is 1. The van der Waals surface area contributed by atoms with E-state index < -0.39 is 0 Å². The molecule has 2 N–H and O–H groups in total. The number of halogens is 1. The number of carbonyl (C=O) groups excluding carboxylic acids is 1. The molecule has 0 saturated carbocycles. The number of nitrogens with two attached hydrogens (primary N) is 1. The van der Waals surface area contributed by atoms with Gasteiger partial charge >= 0.3 is 0 Å². The largest absolute Gasteiger partial charge is 0.495 e. The number of ether oxygens (including phenoxy) is 1. The van der Waals surface area contributed by atoms with Crippen molar-refractivity contribution in [3.63, 3.8) is 0 Å². The van der Waals surface area contributed by atoms with Crippen LogP contribution in [-0.2, 0) is 0 Å². The molecule has 1 aromatic rings. The number of hydrogen-bond donors (Lipinski definition) is 1. The van der Waals surface area contributed by atoms with Crippen molar-refractivity contribution in [3.8, 4) is 5.75 Å². The summed E-state index contributed by atoms with van der Waals surface area (Å²) in [6.45, 7) is 1.45. The van der Waals surface area contributed by atoms with Crippen LogP contribution in [0.2, 0.25) is 0 Å². The fourth-order valence-corrected chi connectivity index (χ4v) is 2.78. The van der Waals surface area contributed by atoms with E-state index in [0.29, 0.717) is 17.2 Å². The predicted molar refractivity (Wildman–Crippen MR) is 71.2 cm³/mol. The van der Waals surface area contributed by atoms with Crippen molar-refractivity contribution in [3.05, 3.63) is 16.3 Å². The van der Waals surface area contributed by atoms with Crippen molar-refractivity contribution < 1.29 is 9.53 Å². The van der Waals surface area contributed by atoms with Gasteiger partial charge in [-0.2, -0.15) is 0 Å². The molecule has 96 valence electrons. The summed E-state index contributed by atoms with van der Waals surface area (Å²) in [7, 11) is 1.58. The van der Waals surface area contributed by atoms with Crippen molar-refractivity contribution >= 4 is 29.7 Å². The van der Waals surface area contributed by atoms with Crippen LogP contribution < -0.4 is 10.5 Å². The minimum atomic E-state index is 0. The number of piperidine rings is 1. The fraction of sp³-hybridized carbons (Fsp3) is 0.545. The molecule has 17 heavy (non-hydrogen) atoms. The molecule has 1 aromatic heterocycles. The van der Waals surface area contributed by atoms with Crippen LogP contribution in [0.15, 0.2) is 11.4 Å². The minimum Gasteiger partial charge on any atom is -0.495 e. The molecule has 2 rings (SSSR count). The van der Waals surface area contributed by atoms with Gasteiger partial charge in [0.1, 0.15) is 10.6 Å². The zero-order chi connectivity index (χ0) is 11.5. The lowest BCUT2D eigenvalue weighted by molar-refractivity contribution is 0.0710. The van der Waals surface area contributed by atoms with E-state index in [9.17, 15) is 4.79 Å². The van der Waals surface area contributed by atoms with Gasteiger partial charge in [0.2, 0.25) is 0 Å². The molecule has 2 heterocycles. The highest BCUT2D eigenvalue weighted by Crippen LogP contribution is 2.26. The Morgan fingerprint density at radius 2 is 2.41 bits per heavy atom. The van der Waals surface area contributed by atoms with Gasteiger partial charge in [-0.25, -0.2) is 0 Å². The first-order valence-corrected chi connectivity index (χ1v) is 6.26. The molecule has 1 saturated heterocycles. The Kier molecular flexibility index (Phi) is 5.24. The summed E-state index contributed by atoms with van der Waals surface area (Å²) in [4.78, 5) is 14.7. The van der Waals surface area contributed by atoms with E-state index in [1.54, 1.807) is 7.11 Å². The maximum absolute atomic E-state index is 12.2. The minimum absolute atomic E-state index is 0. The number of amides is 1. The number of methoxy groups -OCH3 is 1. The normalized spacial score (nSPS) is 19.6. The summed E-state index contributed by atoms with van der Waals surface area (Å²) < 4.78 is 5.16. The monoisotopic (exact) mass is 276 g/mol. The molecular formula is C11H17ClN2O2S. The second-order valence-electron chi connectivity index (χ2n) is 3.97. The van der Waals surface area contributed by atoms with Gasteiger partial charge < -0.3 is 15.4 Å². The van der Waals surface area contributed by atoms with Crippen molar-refractivity contribution in [2.45, 2.75) is 18.9 Å². The van der Waals surface area contributed by atoms with Gasteiger partial charge in [0, 0.05) is 19.1 Å². The van der Waals surface area contributed by atoms with Crippen molar-refractivity contribution in [2.24, 2.45) is 5.73 Å². The SMILES string of the molecule is COc1ccsc1C(=O)N1CCC[C@@H](N)C1.Cl. The van der Waals surface area contributed by atoms with Crippen molar-refractivity contribution in [2.75, 3.05) is 20.2 Å². The molecule has 1 atom stereocenters. The molecule has 1 amide bonds. The number of carbonyl (C=O) groups is 1. The highest BCUT2D eigenvalue weighted by molar-refractivity contribution is 7.12. The number of rotatable bonds is 2. The van der Waals surface area contributed by atoms with E-state index in [2.05, 4.69) is 0 Å². The van der Waals surface area contributed by atoms with E-state index in [1.165, 1.54) is 11.3 Å². The topological polar surface area (TPSA) is 55.6 Å². The van der Waals surface area contributed by atoms with Gasteiger partial charge in [-0.3, -0.25) is 4.79 Å². The highest BCUT2D eigenvalue weighted by atomic mass is 35.5. The van der Waals surface area contributed by atoms with Crippen LogP contribution in [0.1, 0.15) is 22.5 Å². The standard InChI is InChI=1S/C11H16N2O2S.ClH/c1-15-9-4-6-16-10(9)11(14)13-5-2-3-8(12)7-13;/h4,6,8H,2-3,5,7,12H2,1H3;1H/t8-;/m1./s1. The predicted octanol–water partition coefficient (Wildman–Crippen LogP) is 1.74. The van der Waals surface area contributed by atoms with Gasteiger partial charge in [0.25, 0.3) is 5.91 Å². The average molecular weight is 277 g/mol. The average Bonchev–Trinajstić information content (AvgIpc) is 2.76. The molecule has 0 aromatic carbocycles. The second-order valence-corrected chi connectivity index (χ2v) is 4.89. The van der Waals surface area contributed by atoms with E-state index >= 15 is 0 Å². The van der Waals surface area contributed by atoms with Gasteiger partial charge in [0.15, 0.2) is 0 Å². The Bertz CT molecular complexity index is 383. The first-order valence-electron chi connectivity index (χ1n) is 5.38. The lowest BCUT2D eigenvalue weighted by Crippen LogP contribution is -2.45. The van der Waals surface area contributed by atoms with Gasteiger partial charge in [-0.15, -0.1) is 23.7 Å². The van der Waals surface area contributed by atoms with Crippen LogP contribution >= 0.6 is 23.7 Å². The van der Waals surface area contributed by atoms with Gasteiger partial charge in [-0.1, -0.05) is 0 Å². The molecule has 0 bridgehead atoms. The second kappa shape index (κ2) is 6.23. The summed E-state index contributed by atoms with van der Waals surface area (Å²) in [5.41, 5.74) is 5.87. The Morgan fingerprint density at radius 1 is 1.65 bits per heavy atom. The quantitative estimate of drug-likeness (QED) is 0.895. The number of hydrogen-bond acceptors (Lipinski definition) is 4. The Morgan fingerprint density at radius 3 is 3.06 bits per heavy atom. The van der Waals surface area contributed by atoms with Crippen LogP contribution in [0.25, 0.3) is 0 Å². The van der Waals surface area contributed by atoms with Crippen LogP contribution in [0.3, 0.4) is 0 Å². The smallest absolute Gasteiger partial charge is 0.267 e. The van der Waals surface area contributed by atoms with E-state index in [1.807, 2.05) is 16.3 Å². The van der Waals surface area contributed by atoms with E-state index in [-0.39, 0.29) is 24.4 Å². The molecule has 6 heteroatoms. The van der Waals surface area contributed by atoms with E-state index in [0.717, 1.165) is 19.4 Å². The summed E-state index contributed by atoms with van der Waals surface area (Å²) >= 11 is 1.42. The summed E-state index contributed by atoms with van der Waals surface area (Å²) in [5.74, 6) is 0.705. The van der Waals surface area contributed by atoms with Gasteiger partial charge in [-0.05, 0) is 24.3 Å². The molecular weight excluding hydrogens is 260 g/mol. The molecule has 0 aliphatic carbocycles. The summed E-state index contributed by atoms with van der Waals surface area (Å²) in [6, 6.07) is 1.94. The molecule has 1 fully saturated rings. The van der Waals surface area contributed by atoms with Crippen LogP contribution in [-0.4, -0.2) is 37.0 Å². The number of nitrogens with zero attached hydrogens (tertiary/aromatic N) is 1. The Hall–Kier alpha value is -0.780. The molecule has 0 radical (unpaired) electrons. The zero-order valence-electron chi connectivity index (χ0n) is 9.72. The third kappa shape index (κ3) is 3.12. The van der Waals surface area contributed by atoms with E-state index in [4.69, 9.17) is 10.5 Å². The summed E-state index contributed by atoms with van der Waals surface area (Å²) in [5, 5.41) is 1.87. The van der Waals surface area contributed by atoms with Crippen molar-refractivity contribution in [1.82, 2.24) is 4.90 Å². The Labute approximate surface area is 111 Å². The lowest BCUT2D eigenvalue weighted by atomic mass is 10.1. The van der Waals surface area contributed by atoms with Crippen LogP contribution in [0.4, 0.5) is 0 Å². The number of likely N-dealkylation sites (tertiary alicyclic amines) is 1. The third-order valence-corrected chi connectivity index (χ3v) is 3.67. The highest BCUT2D eigenvalue weighted by Gasteiger charge is 2.25. The van der Waals surface area contributed by atoms with Crippen LogP contribution in [0, 0.1) is 0 Å². The Balaban J connectivity index is 0.00000144. The lowest BCUT2D eigenvalue weighted by Gasteiger charge is -2.30. The fourth-order valence-electron chi connectivity index (χ4n) is 1.95. The zero-order valence-corrected chi connectivity index (χ0v) is 11.4. The molecule has 0 unspecified atom stereocenters. The molecule has 1 aliphatic rings. The third-order valence-electron chi connectivity index (χ3n) is 2.79. The maximum Gasteiger partial charge on any atom is 0.267 e. The first-order chi connectivity index (χ1) is 7.72.